The summed E-state index contributed by atoms with van der Waals surface area (Å²) in [7, 11) is 0. The fourth-order valence-electron chi connectivity index (χ4n) is 2.57. The first-order chi connectivity index (χ1) is 10.5. The van der Waals surface area contributed by atoms with Gasteiger partial charge in [-0.2, -0.15) is 11.8 Å². The van der Waals surface area contributed by atoms with Gasteiger partial charge in [-0.25, -0.2) is 4.39 Å². The van der Waals surface area contributed by atoms with Crippen molar-refractivity contribution in [2.45, 2.75) is 38.8 Å². The fraction of sp³-hybridized carbons (Fsp3) is 0.588. The van der Waals surface area contributed by atoms with Crippen LogP contribution in [-0.4, -0.2) is 36.0 Å². The van der Waals surface area contributed by atoms with Crippen molar-refractivity contribution in [1.82, 2.24) is 10.6 Å². The van der Waals surface area contributed by atoms with Crippen molar-refractivity contribution in [3.8, 4) is 0 Å². The van der Waals surface area contributed by atoms with Gasteiger partial charge in [-0.1, -0.05) is 26.0 Å². The lowest BCUT2D eigenvalue weighted by molar-refractivity contribution is -0.122. The SMILES string of the molecule is CC(C)C(Cc1ccc(F)cc1)NC(=O)CC1CSCCN1. The molecule has 1 aliphatic rings. The largest absolute Gasteiger partial charge is 0.353 e. The highest BCUT2D eigenvalue weighted by molar-refractivity contribution is 7.99. The van der Waals surface area contributed by atoms with E-state index in [1.807, 2.05) is 11.8 Å². The first-order valence-electron chi connectivity index (χ1n) is 7.89. The Labute approximate surface area is 136 Å². The molecular weight excluding hydrogens is 299 g/mol. The molecule has 0 spiro atoms. The number of carbonyl (C=O) groups is 1. The molecule has 1 aliphatic heterocycles. The number of carbonyl (C=O) groups excluding carboxylic acids is 1. The summed E-state index contributed by atoms with van der Waals surface area (Å²) >= 11 is 1.90. The van der Waals surface area contributed by atoms with Gasteiger partial charge in [0.1, 0.15) is 5.82 Å². The van der Waals surface area contributed by atoms with E-state index in [2.05, 4.69) is 24.5 Å². The van der Waals surface area contributed by atoms with Crippen LogP contribution in [0.25, 0.3) is 0 Å². The zero-order valence-corrected chi connectivity index (χ0v) is 14.1. The highest BCUT2D eigenvalue weighted by Gasteiger charge is 2.21. The molecule has 2 atom stereocenters. The van der Waals surface area contributed by atoms with Crippen molar-refractivity contribution in [3.05, 3.63) is 35.6 Å². The molecule has 1 heterocycles. The summed E-state index contributed by atoms with van der Waals surface area (Å²) in [6, 6.07) is 6.87. The summed E-state index contributed by atoms with van der Waals surface area (Å²) in [5, 5.41) is 6.53. The molecule has 122 valence electrons. The second-order valence-corrected chi connectivity index (χ2v) is 7.33. The van der Waals surface area contributed by atoms with Crippen molar-refractivity contribution in [3.63, 3.8) is 0 Å². The van der Waals surface area contributed by atoms with E-state index in [0.29, 0.717) is 12.3 Å². The molecule has 3 nitrogen and oxygen atoms in total. The normalized spacial score (nSPS) is 19.9. The van der Waals surface area contributed by atoms with E-state index < -0.39 is 0 Å². The molecule has 1 fully saturated rings. The van der Waals surface area contributed by atoms with Crippen LogP contribution in [0.4, 0.5) is 4.39 Å². The number of amides is 1. The van der Waals surface area contributed by atoms with Gasteiger partial charge in [-0.15, -0.1) is 0 Å². The molecular formula is C17H25FN2OS. The van der Waals surface area contributed by atoms with Crippen molar-refractivity contribution in [2.75, 3.05) is 18.1 Å². The van der Waals surface area contributed by atoms with Crippen LogP contribution >= 0.6 is 11.8 Å². The molecule has 1 amide bonds. The first kappa shape index (κ1) is 17.3. The Morgan fingerprint density at radius 1 is 1.41 bits per heavy atom. The summed E-state index contributed by atoms with van der Waals surface area (Å²) in [4.78, 5) is 12.3. The molecule has 0 aliphatic carbocycles. The maximum absolute atomic E-state index is 13.0. The number of thioether (sulfide) groups is 1. The Bertz CT molecular complexity index is 472. The van der Waals surface area contributed by atoms with Crippen LogP contribution in [0.1, 0.15) is 25.8 Å². The van der Waals surface area contributed by atoms with Gasteiger partial charge in [0.05, 0.1) is 0 Å². The van der Waals surface area contributed by atoms with Crippen molar-refractivity contribution in [2.24, 2.45) is 5.92 Å². The lowest BCUT2D eigenvalue weighted by atomic mass is 9.96. The zero-order valence-electron chi connectivity index (χ0n) is 13.3. The summed E-state index contributed by atoms with van der Waals surface area (Å²) < 4.78 is 13.0. The molecule has 2 N–H and O–H groups in total. The van der Waals surface area contributed by atoms with Gasteiger partial charge in [0.25, 0.3) is 0 Å². The molecule has 1 aromatic carbocycles. The number of hydrogen-bond donors (Lipinski definition) is 2. The van der Waals surface area contributed by atoms with Gasteiger partial charge in [0.2, 0.25) is 5.91 Å². The van der Waals surface area contributed by atoms with E-state index in [0.717, 1.165) is 30.0 Å². The van der Waals surface area contributed by atoms with E-state index in [9.17, 15) is 9.18 Å². The standard InChI is InChI=1S/C17H25FN2OS/c1-12(2)16(9-13-3-5-14(18)6-4-13)20-17(21)10-15-11-22-8-7-19-15/h3-6,12,15-16,19H,7-11H2,1-2H3,(H,20,21). The van der Waals surface area contributed by atoms with Crippen LogP contribution < -0.4 is 10.6 Å². The summed E-state index contributed by atoms with van der Waals surface area (Å²) in [5.41, 5.74) is 1.05. The van der Waals surface area contributed by atoms with Crippen LogP contribution in [0.15, 0.2) is 24.3 Å². The van der Waals surface area contributed by atoms with Crippen LogP contribution in [0.2, 0.25) is 0 Å². The van der Waals surface area contributed by atoms with Crippen LogP contribution in [0.3, 0.4) is 0 Å². The Morgan fingerprint density at radius 2 is 2.14 bits per heavy atom. The Morgan fingerprint density at radius 3 is 2.73 bits per heavy atom. The Balaban J connectivity index is 1.87. The lowest BCUT2D eigenvalue weighted by Gasteiger charge is -2.26. The third-order valence-electron chi connectivity index (χ3n) is 3.95. The van der Waals surface area contributed by atoms with Crippen molar-refractivity contribution >= 4 is 17.7 Å². The smallest absolute Gasteiger partial charge is 0.221 e. The molecule has 2 unspecified atom stereocenters. The Kier molecular flexibility index (Phi) is 6.70. The first-order valence-corrected chi connectivity index (χ1v) is 9.05. The third-order valence-corrected chi connectivity index (χ3v) is 5.08. The number of hydrogen-bond acceptors (Lipinski definition) is 3. The van der Waals surface area contributed by atoms with Gasteiger partial charge < -0.3 is 10.6 Å². The molecule has 0 radical (unpaired) electrons. The average Bonchev–Trinajstić information content (AvgIpc) is 2.49. The lowest BCUT2D eigenvalue weighted by Crippen LogP contribution is -2.45. The number of nitrogens with one attached hydrogen (secondary N) is 2. The number of benzene rings is 1. The van der Waals surface area contributed by atoms with E-state index in [-0.39, 0.29) is 23.8 Å². The molecule has 1 aromatic rings. The zero-order chi connectivity index (χ0) is 15.9. The molecule has 1 saturated heterocycles. The summed E-state index contributed by atoms with van der Waals surface area (Å²) in [6.45, 7) is 5.18. The summed E-state index contributed by atoms with van der Waals surface area (Å²) in [5.74, 6) is 2.33. The van der Waals surface area contributed by atoms with Gasteiger partial charge in [0, 0.05) is 36.6 Å². The molecule has 5 heteroatoms. The van der Waals surface area contributed by atoms with Crippen LogP contribution in [0, 0.1) is 11.7 Å². The number of rotatable bonds is 6. The Hall–Kier alpha value is -1.07. The quantitative estimate of drug-likeness (QED) is 0.845. The van der Waals surface area contributed by atoms with Gasteiger partial charge >= 0.3 is 0 Å². The monoisotopic (exact) mass is 324 g/mol. The van der Waals surface area contributed by atoms with Gasteiger partial charge in [0.15, 0.2) is 0 Å². The van der Waals surface area contributed by atoms with E-state index in [1.54, 1.807) is 12.1 Å². The second-order valence-electron chi connectivity index (χ2n) is 6.18. The third kappa shape index (κ3) is 5.61. The molecule has 0 bridgehead atoms. The maximum atomic E-state index is 13.0. The molecule has 0 aromatic heterocycles. The maximum Gasteiger partial charge on any atom is 0.221 e. The van der Waals surface area contributed by atoms with E-state index in [1.165, 1.54) is 12.1 Å². The van der Waals surface area contributed by atoms with E-state index >= 15 is 0 Å². The van der Waals surface area contributed by atoms with E-state index in [4.69, 9.17) is 0 Å². The van der Waals surface area contributed by atoms with Gasteiger partial charge in [-0.05, 0) is 30.0 Å². The fourth-order valence-corrected chi connectivity index (χ4v) is 3.52. The molecule has 2 rings (SSSR count). The van der Waals surface area contributed by atoms with Crippen LogP contribution in [-0.2, 0) is 11.2 Å². The van der Waals surface area contributed by atoms with Crippen molar-refractivity contribution in [1.29, 1.82) is 0 Å². The second kappa shape index (κ2) is 8.53. The highest BCUT2D eigenvalue weighted by atomic mass is 32.2. The average molecular weight is 324 g/mol. The topological polar surface area (TPSA) is 41.1 Å². The van der Waals surface area contributed by atoms with Crippen molar-refractivity contribution < 1.29 is 9.18 Å². The molecule has 22 heavy (non-hydrogen) atoms. The predicted molar refractivity (Wildman–Crippen MR) is 90.6 cm³/mol. The van der Waals surface area contributed by atoms with Gasteiger partial charge in [-0.3, -0.25) is 4.79 Å². The number of halogens is 1. The minimum atomic E-state index is -0.227. The predicted octanol–water partition coefficient (Wildman–Crippen LogP) is 2.60. The minimum absolute atomic E-state index is 0.0780. The molecule has 0 saturated carbocycles. The highest BCUT2D eigenvalue weighted by Crippen LogP contribution is 2.13. The minimum Gasteiger partial charge on any atom is -0.353 e. The van der Waals surface area contributed by atoms with Crippen LogP contribution in [0.5, 0.6) is 0 Å². The summed E-state index contributed by atoms with van der Waals surface area (Å²) in [6.07, 6.45) is 1.26.